The molecule has 0 aliphatic heterocycles. The fourth-order valence-electron chi connectivity index (χ4n) is 2.31. The summed E-state index contributed by atoms with van der Waals surface area (Å²) in [6.07, 6.45) is 4.12. The van der Waals surface area contributed by atoms with Gasteiger partial charge in [-0.25, -0.2) is 8.42 Å². The van der Waals surface area contributed by atoms with Gasteiger partial charge in [-0.15, -0.1) is 0 Å². The Balaban J connectivity index is 2.42. The van der Waals surface area contributed by atoms with E-state index >= 15 is 0 Å². The lowest BCUT2D eigenvalue weighted by molar-refractivity contribution is 0.0846. The molecule has 1 unspecified atom stereocenters. The molecule has 0 spiro atoms. The number of hydrogen-bond donors (Lipinski definition) is 1. The zero-order valence-electron chi connectivity index (χ0n) is 10.0. The second-order valence-corrected chi connectivity index (χ2v) is 6.69. The zero-order chi connectivity index (χ0) is 12.0. The smallest absolute Gasteiger partial charge is 0.153 e. The summed E-state index contributed by atoms with van der Waals surface area (Å²) in [6.45, 7) is 2.64. The van der Waals surface area contributed by atoms with Crippen molar-refractivity contribution in [2.24, 2.45) is 11.7 Å². The summed E-state index contributed by atoms with van der Waals surface area (Å²) < 4.78 is 29.1. The van der Waals surface area contributed by atoms with Gasteiger partial charge in [-0.1, -0.05) is 12.8 Å². The van der Waals surface area contributed by atoms with Gasteiger partial charge in [0.2, 0.25) is 0 Å². The summed E-state index contributed by atoms with van der Waals surface area (Å²) in [5.41, 5.74) is 5.48. The molecule has 0 amide bonds. The fourth-order valence-corrected chi connectivity index (χ4v) is 4.29. The molecule has 1 atom stereocenters. The average molecular weight is 249 g/mol. The van der Waals surface area contributed by atoms with E-state index in [2.05, 4.69) is 0 Å². The van der Waals surface area contributed by atoms with Gasteiger partial charge >= 0.3 is 0 Å². The molecule has 1 fully saturated rings. The van der Waals surface area contributed by atoms with Crippen LogP contribution in [0.4, 0.5) is 0 Å². The second-order valence-electron chi connectivity index (χ2n) is 4.54. The van der Waals surface area contributed by atoms with Gasteiger partial charge in [-0.3, -0.25) is 0 Å². The molecule has 0 aromatic rings. The Morgan fingerprint density at radius 2 is 2.00 bits per heavy atom. The van der Waals surface area contributed by atoms with E-state index in [0.29, 0.717) is 18.3 Å². The Kier molecular flexibility index (Phi) is 5.72. The van der Waals surface area contributed by atoms with Crippen LogP contribution >= 0.6 is 0 Å². The van der Waals surface area contributed by atoms with Crippen LogP contribution in [0.25, 0.3) is 0 Å². The third-order valence-electron chi connectivity index (χ3n) is 3.07. The summed E-state index contributed by atoms with van der Waals surface area (Å²) in [5, 5.41) is 0. The van der Waals surface area contributed by atoms with E-state index in [1.165, 1.54) is 12.8 Å². The minimum absolute atomic E-state index is 0.0772. The standard InChI is InChI=1S/C11H23NO3S/c1-2-15-11(7-12)9-16(13,14)8-10-5-3-4-6-10/h10-11H,2-9,12H2,1H3. The molecular weight excluding hydrogens is 226 g/mol. The lowest BCUT2D eigenvalue weighted by Crippen LogP contribution is -2.33. The molecule has 4 nitrogen and oxygen atoms in total. The zero-order valence-corrected chi connectivity index (χ0v) is 10.8. The number of ether oxygens (including phenoxy) is 1. The first-order valence-electron chi connectivity index (χ1n) is 6.09. The number of sulfone groups is 1. The highest BCUT2D eigenvalue weighted by Gasteiger charge is 2.25. The van der Waals surface area contributed by atoms with E-state index in [0.717, 1.165) is 12.8 Å². The summed E-state index contributed by atoms with van der Waals surface area (Å²) in [6, 6.07) is 0. The van der Waals surface area contributed by atoms with Crippen LogP contribution in [0.5, 0.6) is 0 Å². The van der Waals surface area contributed by atoms with Gasteiger partial charge in [0.25, 0.3) is 0 Å². The van der Waals surface area contributed by atoms with Crippen LogP contribution < -0.4 is 5.73 Å². The van der Waals surface area contributed by atoms with Crippen molar-refractivity contribution in [2.45, 2.75) is 38.7 Å². The van der Waals surface area contributed by atoms with Crippen molar-refractivity contribution in [1.29, 1.82) is 0 Å². The molecule has 0 heterocycles. The molecule has 0 saturated heterocycles. The van der Waals surface area contributed by atoms with E-state index < -0.39 is 9.84 Å². The van der Waals surface area contributed by atoms with E-state index in [4.69, 9.17) is 10.5 Å². The Hall–Kier alpha value is -0.130. The van der Waals surface area contributed by atoms with Crippen LogP contribution in [0.15, 0.2) is 0 Å². The summed E-state index contributed by atoms with van der Waals surface area (Å²) >= 11 is 0. The third-order valence-corrected chi connectivity index (χ3v) is 4.93. The molecule has 0 radical (unpaired) electrons. The van der Waals surface area contributed by atoms with Crippen LogP contribution in [-0.4, -0.2) is 39.2 Å². The minimum atomic E-state index is -3.00. The second kappa shape index (κ2) is 6.57. The van der Waals surface area contributed by atoms with Gasteiger partial charge in [-0.2, -0.15) is 0 Å². The van der Waals surface area contributed by atoms with Crippen molar-refractivity contribution in [2.75, 3.05) is 24.7 Å². The maximum Gasteiger partial charge on any atom is 0.153 e. The quantitative estimate of drug-likeness (QED) is 0.729. The first-order valence-corrected chi connectivity index (χ1v) is 7.91. The molecule has 1 aliphatic carbocycles. The van der Waals surface area contributed by atoms with E-state index in [1.54, 1.807) is 0 Å². The largest absolute Gasteiger partial charge is 0.376 e. The van der Waals surface area contributed by atoms with Crippen LogP contribution in [0.3, 0.4) is 0 Å². The lowest BCUT2D eigenvalue weighted by atomic mass is 10.1. The Morgan fingerprint density at radius 1 is 1.38 bits per heavy atom. The van der Waals surface area contributed by atoms with Crippen molar-refractivity contribution in [1.82, 2.24) is 0 Å². The van der Waals surface area contributed by atoms with Gasteiger partial charge < -0.3 is 10.5 Å². The number of hydrogen-bond acceptors (Lipinski definition) is 4. The fraction of sp³-hybridized carbons (Fsp3) is 1.00. The minimum Gasteiger partial charge on any atom is -0.376 e. The first-order chi connectivity index (χ1) is 7.57. The highest BCUT2D eigenvalue weighted by Crippen LogP contribution is 2.26. The lowest BCUT2D eigenvalue weighted by Gasteiger charge is -2.16. The highest BCUT2D eigenvalue weighted by atomic mass is 32.2. The van der Waals surface area contributed by atoms with Crippen LogP contribution in [-0.2, 0) is 14.6 Å². The number of rotatable bonds is 7. The summed E-state index contributed by atoms with van der Waals surface area (Å²) in [5.74, 6) is 0.759. The Morgan fingerprint density at radius 3 is 2.50 bits per heavy atom. The molecule has 0 aromatic carbocycles. The molecule has 16 heavy (non-hydrogen) atoms. The maximum atomic E-state index is 11.9. The van der Waals surface area contributed by atoms with E-state index in [9.17, 15) is 8.42 Å². The highest BCUT2D eigenvalue weighted by molar-refractivity contribution is 7.91. The molecule has 5 heteroatoms. The molecule has 0 bridgehead atoms. The van der Waals surface area contributed by atoms with Gasteiger partial charge in [0, 0.05) is 13.2 Å². The van der Waals surface area contributed by atoms with E-state index in [1.807, 2.05) is 6.92 Å². The average Bonchev–Trinajstić information content (AvgIpc) is 2.68. The Bertz CT molecular complexity index is 284. The first kappa shape index (κ1) is 13.9. The predicted octanol–water partition coefficient (Wildman–Crippen LogP) is 0.955. The normalized spacial score (nSPS) is 20.1. The van der Waals surface area contributed by atoms with Crippen LogP contribution in [0.1, 0.15) is 32.6 Å². The summed E-state index contributed by atoms with van der Waals surface area (Å²) in [7, 11) is -3.00. The molecule has 1 aliphatic rings. The van der Waals surface area contributed by atoms with Crippen molar-refractivity contribution in [3.05, 3.63) is 0 Å². The maximum absolute atomic E-state index is 11.9. The molecule has 96 valence electrons. The Labute approximate surface area is 98.5 Å². The van der Waals surface area contributed by atoms with Crippen LogP contribution in [0, 0.1) is 5.92 Å². The van der Waals surface area contributed by atoms with Gasteiger partial charge in [-0.05, 0) is 25.7 Å². The van der Waals surface area contributed by atoms with Gasteiger partial charge in [0.05, 0.1) is 17.6 Å². The van der Waals surface area contributed by atoms with Crippen molar-refractivity contribution < 1.29 is 13.2 Å². The number of nitrogens with two attached hydrogens (primary N) is 1. The van der Waals surface area contributed by atoms with Crippen molar-refractivity contribution >= 4 is 9.84 Å². The van der Waals surface area contributed by atoms with E-state index in [-0.39, 0.29) is 18.4 Å². The van der Waals surface area contributed by atoms with Crippen molar-refractivity contribution in [3.63, 3.8) is 0 Å². The molecule has 2 N–H and O–H groups in total. The molecule has 1 saturated carbocycles. The summed E-state index contributed by atoms with van der Waals surface area (Å²) in [4.78, 5) is 0. The monoisotopic (exact) mass is 249 g/mol. The van der Waals surface area contributed by atoms with Gasteiger partial charge in [0.15, 0.2) is 9.84 Å². The third kappa shape index (κ3) is 4.80. The topological polar surface area (TPSA) is 69.4 Å². The van der Waals surface area contributed by atoms with Crippen LogP contribution in [0.2, 0.25) is 0 Å². The molecular formula is C11H23NO3S. The SMILES string of the molecule is CCOC(CN)CS(=O)(=O)CC1CCCC1. The molecule has 1 rings (SSSR count). The molecule has 0 aromatic heterocycles. The van der Waals surface area contributed by atoms with Crippen molar-refractivity contribution in [3.8, 4) is 0 Å². The van der Waals surface area contributed by atoms with Gasteiger partial charge in [0.1, 0.15) is 0 Å². The predicted molar refractivity (Wildman–Crippen MR) is 65.1 cm³/mol.